The Hall–Kier alpha value is -1.37. The van der Waals surface area contributed by atoms with Crippen molar-refractivity contribution in [1.82, 2.24) is 0 Å². The topological polar surface area (TPSA) is 35.2 Å². The van der Waals surface area contributed by atoms with Gasteiger partial charge in [0.1, 0.15) is 11.9 Å². The monoisotopic (exact) mass is 241 g/mol. The zero-order valence-electron chi connectivity index (χ0n) is 8.11. The molecule has 0 aliphatic carbocycles. The largest absolute Gasteiger partial charge is 0.494 e. The van der Waals surface area contributed by atoms with E-state index in [2.05, 4.69) is 4.74 Å². The number of rotatable bonds is 2. The Morgan fingerprint density at radius 2 is 1.81 bits per heavy atom. The molecular weight excluding hydrogens is 233 g/mol. The number of benzene rings is 1. The average Bonchev–Trinajstić information content (AvgIpc) is 2.16. The van der Waals surface area contributed by atoms with E-state index in [1.165, 1.54) is 0 Å². The van der Waals surface area contributed by atoms with Crippen LogP contribution < -0.4 is 10.5 Å². The molecule has 0 aliphatic heterocycles. The van der Waals surface area contributed by atoms with Gasteiger partial charge in [0, 0.05) is 0 Å². The standard InChI is InChI=1S/C9H8F5NO/c1-16-5-3-2-4(10)6(7(5)11)8(15)9(12,13)14/h2-3,8H,15H2,1H3/t8-/m1/s1. The molecule has 2 nitrogen and oxygen atoms in total. The number of methoxy groups -OCH3 is 1. The van der Waals surface area contributed by atoms with Crippen molar-refractivity contribution in [3.63, 3.8) is 0 Å². The molecule has 0 fully saturated rings. The van der Waals surface area contributed by atoms with Crippen molar-refractivity contribution < 1.29 is 26.7 Å². The van der Waals surface area contributed by atoms with Crippen LogP contribution in [0.4, 0.5) is 22.0 Å². The number of nitrogens with two attached hydrogens (primary N) is 1. The Bertz CT molecular complexity index is 390. The maximum atomic E-state index is 13.4. The summed E-state index contributed by atoms with van der Waals surface area (Å²) in [5.41, 5.74) is 3.49. The van der Waals surface area contributed by atoms with Crippen LogP contribution in [0.2, 0.25) is 0 Å². The third kappa shape index (κ3) is 2.24. The quantitative estimate of drug-likeness (QED) is 0.807. The van der Waals surface area contributed by atoms with Crippen LogP contribution in [0.1, 0.15) is 11.6 Å². The summed E-state index contributed by atoms with van der Waals surface area (Å²) in [4.78, 5) is 0. The fourth-order valence-corrected chi connectivity index (χ4v) is 1.16. The SMILES string of the molecule is COc1ccc(F)c([C@@H](N)C(F)(F)F)c1F. The molecular formula is C9H8F5NO. The van der Waals surface area contributed by atoms with E-state index in [9.17, 15) is 22.0 Å². The lowest BCUT2D eigenvalue weighted by atomic mass is 10.1. The summed E-state index contributed by atoms with van der Waals surface area (Å²) in [6, 6.07) is -1.16. The highest BCUT2D eigenvalue weighted by Crippen LogP contribution is 2.35. The second kappa shape index (κ2) is 4.25. The van der Waals surface area contributed by atoms with Crippen LogP contribution in [-0.4, -0.2) is 13.3 Å². The van der Waals surface area contributed by atoms with Gasteiger partial charge in [0.25, 0.3) is 0 Å². The number of alkyl halides is 3. The molecule has 0 heterocycles. The summed E-state index contributed by atoms with van der Waals surface area (Å²) in [6.45, 7) is 0. The van der Waals surface area contributed by atoms with Gasteiger partial charge in [0.2, 0.25) is 0 Å². The Balaban J connectivity index is 3.32. The minimum absolute atomic E-state index is 0.490. The molecule has 0 unspecified atom stereocenters. The van der Waals surface area contributed by atoms with Crippen molar-refractivity contribution in [1.29, 1.82) is 0 Å². The highest BCUT2D eigenvalue weighted by atomic mass is 19.4. The Morgan fingerprint density at radius 1 is 1.25 bits per heavy atom. The number of ether oxygens (including phenoxy) is 1. The zero-order chi connectivity index (χ0) is 12.5. The highest BCUT2D eigenvalue weighted by Gasteiger charge is 2.41. The number of hydrogen-bond acceptors (Lipinski definition) is 2. The average molecular weight is 241 g/mol. The van der Waals surface area contributed by atoms with E-state index >= 15 is 0 Å². The first-order chi connectivity index (χ1) is 7.29. The Morgan fingerprint density at radius 3 is 2.25 bits per heavy atom. The number of halogens is 5. The van der Waals surface area contributed by atoms with Crippen molar-refractivity contribution in [2.24, 2.45) is 5.73 Å². The summed E-state index contributed by atoms with van der Waals surface area (Å²) < 4.78 is 67.6. The first kappa shape index (κ1) is 12.7. The van der Waals surface area contributed by atoms with E-state index in [1.54, 1.807) is 0 Å². The van der Waals surface area contributed by atoms with Crippen LogP contribution >= 0.6 is 0 Å². The van der Waals surface area contributed by atoms with E-state index in [0.29, 0.717) is 6.07 Å². The van der Waals surface area contributed by atoms with Gasteiger partial charge < -0.3 is 10.5 Å². The van der Waals surface area contributed by atoms with Gasteiger partial charge in [-0.05, 0) is 12.1 Å². The van der Waals surface area contributed by atoms with Gasteiger partial charge in [-0.25, -0.2) is 8.78 Å². The molecule has 1 atom stereocenters. The van der Waals surface area contributed by atoms with E-state index in [-0.39, 0.29) is 0 Å². The van der Waals surface area contributed by atoms with Crippen molar-refractivity contribution in [3.8, 4) is 5.75 Å². The van der Waals surface area contributed by atoms with Crippen LogP contribution in [0.5, 0.6) is 5.75 Å². The molecule has 0 saturated carbocycles. The predicted molar refractivity (Wildman–Crippen MR) is 45.9 cm³/mol. The molecule has 0 aliphatic rings. The molecule has 7 heteroatoms. The third-order valence-electron chi connectivity index (χ3n) is 1.97. The first-order valence-electron chi connectivity index (χ1n) is 4.13. The summed E-state index contributed by atoms with van der Waals surface area (Å²) in [7, 11) is 1.05. The van der Waals surface area contributed by atoms with E-state index in [0.717, 1.165) is 13.2 Å². The van der Waals surface area contributed by atoms with Gasteiger partial charge >= 0.3 is 6.18 Å². The Labute approximate surface area is 87.8 Å². The smallest absolute Gasteiger partial charge is 0.407 e. The zero-order valence-corrected chi connectivity index (χ0v) is 8.11. The summed E-state index contributed by atoms with van der Waals surface area (Å²) in [6.07, 6.45) is -4.92. The molecule has 2 N–H and O–H groups in total. The van der Waals surface area contributed by atoms with Crippen LogP contribution in [0.15, 0.2) is 12.1 Å². The van der Waals surface area contributed by atoms with Crippen molar-refractivity contribution >= 4 is 0 Å². The molecule has 1 aromatic carbocycles. The van der Waals surface area contributed by atoms with E-state index in [1.807, 2.05) is 0 Å². The summed E-state index contributed by atoms with van der Waals surface area (Å²) >= 11 is 0. The van der Waals surface area contributed by atoms with Gasteiger partial charge in [-0.15, -0.1) is 0 Å². The molecule has 0 saturated heterocycles. The predicted octanol–water partition coefficient (Wildman–Crippen LogP) is 2.54. The molecule has 0 aromatic heterocycles. The summed E-state index contributed by atoms with van der Waals surface area (Å²) in [5, 5.41) is 0. The van der Waals surface area contributed by atoms with E-state index < -0.39 is 35.2 Å². The van der Waals surface area contributed by atoms with Gasteiger partial charge in [0.05, 0.1) is 12.7 Å². The molecule has 0 amide bonds. The molecule has 0 radical (unpaired) electrons. The van der Waals surface area contributed by atoms with Crippen LogP contribution in [0, 0.1) is 11.6 Å². The van der Waals surface area contributed by atoms with Crippen molar-refractivity contribution in [2.45, 2.75) is 12.2 Å². The van der Waals surface area contributed by atoms with Crippen LogP contribution in [0.25, 0.3) is 0 Å². The van der Waals surface area contributed by atoms with E-state index in [4.69, 9.17) is 5.73 Å². The maximum Gasteiger partial charge on any atom is 0.407 e. The van der Waals surface area contributed by atoms with Crippen molar-refractivity contribution in [2.75, 3.05) is 7.11 Å². The van der Waals surface area contributed by atoms with Gasteiger partial charge in [0.15, 0.2) is 11.6 Å². The lowest BCUT2D eigenvalue weighted by Crippen LogP contribution is -2.30. The van der Waals surface area contributed by atoms with Gasteiger partial charge in [-0.2, -0.15) is 13.2 Å². The fourth-order valence-electron chi connectivity index (χ4n) is 1.16. The molecule has 0 spiro atoms. The van der Waals surface area contributed by atoms with Gasteiger partial charge in [-0.1, -0.05) is 0 Å². The Kier molecular flexibility index (Phi) is 3.37. The normalized spacial score (nSPS) is 13.7. The van der Waals surface area contributed by atoms with Crippen LogP contribution in [-0.2, 0) is 0 Å². The van der Waals surface area contributed by atoms with Crippen LogP contribution in [0.3, 0.4) is 0 Å². The highest BCUT2D eigenvalue weighted by molar-refractivity contribution is 5.34. The molecule has 1 rings (SSSR count). The molecule has 16 heavy (non-hydrogen) atoms. The van der Waals surface area contributed by atoms with Gasteiger partial charge in [-0.3, -0.25) is 0 Å². The minimum Gasteiger partial charge on any atom is -0.494 e. The lowest BCUT2D eigenvalue weighted by Gasteiger charge is -2.18. The maximum absolute atomic E-state index is 13.4. The molecule has 1 aromatic rings. The molecule has 0 bridgehead atoms. The second-order valence-corrected chi connectivity index (χ2v) is 3.00. The summed E-state index contributed by atoms with van der Waals surface area (Å²) in [5.74, 6) is -3.29. The molecule has 90 valence electrons. The number of hydrogen-bond donors (Lipinski definition) is 1. The minimum atomic E-state index is -4.92. The lowest BCUT2D eigenvalue weighted by molar-refractivity contribution is -0.150. The van der Waals surface area contributed by atoms with Crippen molar-refractivity contribution in [3.05, 3.63) is 29.3 Å². The second-order valence-electron chi connectivity index (χ2n) is 3.00. The third-order valence-corrected chi connectivity index (χ3v) is 1.97. The first-order valence-corrected chi connectivity index (χ1v) is 4.13. The fraction of sp³-hybridized carbons (Fsp3) is 0.333.